The van der Waals surface area contributed by atoms with Crippen molar-refractivity contribution in [3.63, 3.8) is 0 Å². The molecule has 1 N–H and O–H groups in total. The summed E-state index contributed by atoms with van der Waals surface area (Å²) >= 11 is 6.37. The number of nitrogens with zero attached hydrogens (tertiary/aromatic N) is 1. The molecule has 0 amide bonds. The maximum absolute atomic E-state index is 13.9. The quantitative estimate of drug-likeness (QED) is 0.875. The van der Waals surface area contributed by atoms with E-state index in [0.29, 0.717) is 16.8 Å². The van der Waals surface area contributed by atoms with Crippen LogP contribution in [-0.2, 0) is 6.54 Å². The first-order chi connectivity index (χ1) is 10.1. The molecule has 1 fully saturated rings. The van der Waals surface area contributed by atoms with E-state index < -0.39 is 0 Å². The highest BCUT2D eigenvalue weighted by Gasteiger charge is 2.20. The number of benzene rings is 2. The van der Waals surface area contributed by atoms with Gasteiger partial charge in [0, 0.05) is 19.6 Å². The Kier molecular flexibility index (Phi) is 4.13. The van der Waals surface area contributed by atoms with Gasteiger partial charge in [-0.3, -0.25) is 0 Å². The molecule has 4 heteroatoms. The van der Waals surface area contributed by atoms with Crippen molar-refractivity contribution in [1.29, 1.82) is 0 Å². The molecule has 3 rings (SSSR count). The first kappa shape index (κ1) is 14.4. The van der Waals surface area contributed by atoms with Crippen LogP contribution in [-0.4, -0.2) is 13.1 Å². The second-order valence-electron chi connectivity index (χ2n) is 5.45. The van der Waals surface area contributed by atoms with E-state index >= 15 is 0 Å². The molecule has 0 unspecified atom stereocenters. The lowest BCUT2D eigenvalue weighted by Gasteiger charge is -2.21. The van der Waals surface area contributed by atoms with E-state index in [9.17, 15) is 4.39 Å². The second kappa shape index (κ2) is 6.04. The fraction of sp³-hybridized carbons (Fsp3) is 0.294. The van der Waals surface area contributed by atoms with Crippen LogP contribution in [0, 0.1) is 5.82 Å². The number of hydrogen-bond acceptors (Lipinski definition) is 2. The summed E-state index contributed by atoms with van der Waals surface area (Å²) in [5, 5.41) is 4.09. The smallest absolute Gasteiger partial charge is 0.146 e. The van der Waals surface area contributed by atoms with Gasteiger partial charge >= 0.3 is 0 Å². The Balaban J connectivity index is 1.79. The first-order valence-corrected chi connectivity index (χ1v) is 7.53. The molecule has 0 saturated heterocycles. The maximum Gasteiger partial charge on any atom is 0.146 e. The average molecular weight is 305 g/mol. The van der Waals surface area contributed by atoms with E-state index in [0.717, 1.165) is 17.8 Å². The van der Waals surface area contributed by atoms with E-state index in [2.05, 4.69) is 5.32 Å². The first-order valence-electron chi connectivity index (χ1n) is 7.15. The van der Waals surface area contributed by atoms with Crippen molar-refractivity contribution >= 4 is 23.0 Å². The number of nitrogens with one attached hydrogen (secondary N) is 1. The van der Waals surface area contributed by atoms with E-state index in [1.807, 2.05) is 31.3 Å². The Morgan fingerprint density at radius 1 is 1.19 bits per heavy atom. The summed E-state index contributed by atoms with van der Waals surface area (Å²) in [6, 6.07) is 13.3. The molecule has 1 aliphatic carbocycles. The molecule has 0 atom stereocenters. The van der Waals surface area contributed by atoms with Crippen LogP contribution in [0.25, 0.3) is 0 Å². The van der Waals surface area contributed by atoms with Gasteiger partial charge in [-0.2, -0.15) is 0 Å². The van der Waals surface area contributed by atoms with Crippen LogP contribution >= 0.6 is 11.6 Å². The lowest BCUT2D eigenvalue weighted by molar-refractivity contribution is 0.627. The van der Waals surface area contributed by atoms with Crippen molar-refractivity contribution in [3.05, 3.63) is 58.9 Å². The average Bonchev–Trinajstić information content (AvgIpc) is 3.29. The van der Waals surface area contributed by atoms with Crippen LogP contribution in [0.3, 0.4) is 0 Å². The lowest BCUT2D eigenvalue weighted by atomic mass is 10.1. The molecule has 0 radical (unpaired) electrons. The molecular formula is C17H18ClFN2. The molecule has 110 valence electrons. The molecule has 0 bridgehead atoms. The van der Waals surface area contributed by atoms with Gasteiger partial charge < -0.3 is 10.2 Å². The summed E-state index contributed by atoms with van der Waals surface area (Å²) in [5.41, 5.74) is 2.47. The molecule has 0 heterocycles. The molecule has 1 saturated carbocycles. The standard InChI is InChI=1S/C17H18ClFN2/c1-21(17-5-3-2-4-15(17)19)16-9-6-12(10-14(16)18)11-20-13-7-8-13/h2-6,9-10,13,20H,7-8,11H2,1H3. The van der Waals surface area contributed by atoms with E-state index in [-0.39, 0.29) is 5.82 Å². The van der Waals surface area contributed by atoms with Gasteiger partial charge in [0.1, 0.15) is 5.82 Å². The third-order valence-electron chi connectivity index (χ3n) is 3.76. The molecule has 0 aromatic heterocycles. The second-order valence-corrected chi connectivity index (χ2v) is 5.86. The third kappa shape index (κ3) is 3.36. The van der Waals surface area contributed by atoms with Gasteiger partial charge in [-0.1, -0.05) is 29.8 Å². The minimum atomic E-state index is -0.254. The zero-order chi connectivity index (χ0) is 14.8. The van der Waals surface area contributed by atoms with E-state index in [1.54, 1.807) is 17.0 Å². The largest absolute Gasteiger partial charge is 0.341 e. The summed E-state index contributed by atoms with van der Waals surface area (Å²) in [4.78, 5) is 1.77. The van der Waals surface area contributed by atoms with Gasteiger partial charge in [-0.05, 0) is 42.7 Å². The van der Waals surface area contributed by atoms with Crippen LogP contribution in [0.2, 0.25) is 5.02 Å². The number of hydrogen-bond donors (Lipinski definition) is 1. The fourth-order valence-corrected chi connectivity index (χ4v) is 2.67. The van der Waals surface area contributed by atoms with Crippen LogP contribution < -0.4 is 10.2 Å². The highest BCUT2D eigenvalue weighted by Crippen LogP contribution is 2.32. The van der Waals surface area contributed by atoms with Gasteiger partial charge in [-0.15, -0.1) is 0 Å². The van der Waals surface area contributed by atoms with Crippen molar-refractivity contribution in [1.82, 2.24) is 5.32 Å². The van der Waals surface area contributed by atoms with Crippen LogP contribution in [0.15, 0.2) is 42.5 Å². The third-order valence-corrected chi connectivity index (χ3v) is 4.06. The summed E-state index contributed by atoms with van der Waals surface area (Å²) in [6.45, 7) is 0.827. The Bertz CT molecular complexity index is 640. The van der Waals surface area contributed by atoms with Gasteiger partial charge in [0.25, 0.3) is 0 Å². The highest BCUT2D eigenvalue weighted by molar-refractivity contribution is 6.33. The van der Waals surface area contributed by atoms with Crippen LogP contribution in [0.1, 0.15) is 18.4 Å². The lowest BCUT2D eigenvalue weighted by Crippen LogP contribution is -2.16. The summed E-state index contributed by atoms with van der Waals surface area (Å²) in [5.74, 6) is -0.254. The molecule has 1 aliphatic rings. The van der Waals surface area contributed by atoms with Gasteiger partial charge in [0.15, 0.2) is 0 Å². The number of para-hydroxylation sites is 1. The molecule has 2 aromatic carbocycles. The zero-order valence-corrected chi connectivity index (χ0v) is 12.7. The Morgan fingerprint density at radius 3 is 2.62 bits per heavy atom. The molecule has 0 aliphatic heterocycles. The predicted octanol–water partition coefficient (Wildman–Crippen LogP) is 4.50. The maximum atomic E-state index is 13.9. The number of anilines is 2. The summed E-state index contributed by atoms with van der Waals surface area (Å²) < 4.78 is 13.9. The SMILES string of the molecule is CN(c1ccccc1F)c1ccc(CNC2CC2)cc1Cl. The Labute approximate surface area is 129 Å². The molecule has 21 heavy (non-hydrogen) atoms. The van der Waals surface area contributed by atoms with Crippen molar-refractivity contribution in [2.45, 2.75) is 25.4 Å². The Morgan fingerprint density at radius 2 is 1.95 bits per heavy atom. The molecule has 2 aromatic rings. The van der Waals surface area contributed by atoms with Gasteiger partial charge in [-0.25, -0.2) is 4.39 Å². The van der Waals surface area contributed by atoms with Crippen molar-refractivity contribution in [2.24, 2.45) is 0 Å². The predicted molar refractivity (Wildman–Crippen MR) is 85.8 cm³/mol. The van der Waals surface area contributed by atoms with E-state index in [1.165, 1.54) is 18.9 Å². The zero-order valence-electron chi connectivity index (χ0n) is 11.9. The van der Waals surface area contributed by atoms with Crippen LogP contribution in [0.5, 0.6) is 0 Å². The van der Waals surface area contributed by atoms with Gasteiger partial charge in [0.2, 0.25) is 0 Å². The fourth-order valence-electron chi connectivity index (χ4n) is 2.34. The summed E-state index contributed by atoms with van der Waals surface area (Å²) in [6.07, 6.45) is 2.53. The number of halogens is 2. The molecular weight excluding hydrogens is 287 g/mol. The number of rotatable bonds is 5. The molecule has 2 nitrogen and oxygen atoms in total. The Hall–Kier alpha value is -1.58. The van der Waals surface area contributed by atoms with E-state index in [4.69, 9.17) is 11.6 Å². The highest BCUT2D eigenvalue weighted by atomic mass is 35.5. The van der Waals surface area contributed by atoms with Crippen molar-refractivity contribution in [3.8, 4) is 0 Å². The van der Waals surface area contributed by atoms with Crippen molar-refractivity contribution in [2.75, 3.05) is 11.9 Å². The topological polar surface area (TPSA) is 15.3 Å². The van der Waals surface area contributed by atoms with Crippen LogP contribution in [0.4, 0.5) is 15.8 Å². The monoisotopic (exact) mass is 304 g/mol. The van der Waals surface area contributed by atoms with Gasteiger partial charge in [0.05, 0.1) is 16.4 Å². The normalized spacial score (nSPS) is 14.2. The summed E-state index contributed by atoms with van der Waals surface area (Å²) in [7, 11) is 1.82. The molecule has 0 spiro atoms. The minimum Gasteiger partial charge on any atom is -0.341 e. The van der Waals surface area contributed by atoms with Crippen molar-refractivity contribution < 1.29 is 4.39 Å². The minimum absolute atomic E-state index is 0.254.